The second-order valence-corrected chi connectivity index (χ2v) is 7.71. The monoisotopic (exact) mass is 303 g/mol. The first-order chi connectivity index (χ1) is 9.57. The van der Waals surface area contributed by atoms with E-state index in [0.717, 1.165) is 38.8 Å². The molecule has 1 aliphatic heterocycles. The molecule has 0 aromatic rings. The van der Waals surface area contributed by atoms with Crippen LogP contribution in [0.5, 0.6) is 0 Å². The molecule has 0 unspecified atom stereocenters. The van der Waals surface area contributed by atoms with E-state index in [-0.39, 0.29) is 24.1 Å². The van der Waals surface area contributed by atoms with Gasteiger partial charge in [0.25, 0.3) is 0 Å². The molecule has 116 valence electrons. The van der Waals surface area contributed by atoms with Crippen LogP contribution in [0.25, 0.3) is 0 Å². The highest BCUT2D eigenvalue weighted by molar-refractivity contribution is 7.89. The van der Waals surface area contributed by atoms with Gasteiger partial charge >= 0.3 is 0 Å². The van der Waals surface area contributed by atoms with E-state index in [0.29, 0.717) is 12.5 Å². The zero-order chi connectivity index (χ0) is 14.4. The van der Waals surface area contributed by atoms with Crippen LogP contribution in [-0.4, -0.2) is 46.3 Å². The van der Waals surface area contributed by atoms with Crippen LogP contribution in [0.1, 0.15) is 32.1 Å². The van der Waals surface area contributed by atoms with Crippen LogP contribution in [0, 0.1) is 11.8 Å². The van der Waals surface area contributed by atoms with Crippen LogP contribution in [0.4, 0.5) is 0 Å². The zero-order valence-corrected chi connectivity index (χ0v) is 12.7. The molecule has 1 saturated heterocycles. The summed E-state index contributed by atoms with van der Waals surface area (Å²) >= 11 is 0. The van der Waals surface area contributed by atoms with Crippen molar-refractivity contribution in [2.75, 3.05) is 31.9 Å². The van der Waals surface area contributed by atoms with E-state index in [1.54, 1.807) is 0 Å². The first-order valence-electron chi connectivity index (χ1n) is 7.52. The van der Waals surface area contributed by atoms with Crippen LogP contribution in [-0.2, 0) is 14.8 Å². The molecule has 0 aromatic heterocycles. The zero-order valence-electron chi connectivity index (χ0n) is 11.9. The SMILES string of the molecule is O=C(NCCS(=O)(=O)NCC1CCC1)C1CCNCC1. The number of amides is 1. The summed E-state index contributed by atoms with van der Waals surface area (Å²) < 4.78 is 26.1. The number of piperidine rings is 1. The van der Waals surface area contributed by atoms with Crippen molar-refractivity contribution in [3.05, 3.63) is 0 Å². The van der Waals surface area contributed by atoms with Gasteiger partial charge in [0.05, 0.1) is 5.75 Å². The van der Waals surface area contributed by atoms with Gasteiger partial charge < -0.3 is 10.6 Å². The Morgan fingerprint density at radius 2 is 1.85 bits per heavy atom. The van der Waals surface area contributed by atoms with E-state index >= 15 is 0 Å². The Kier molecular flexibility index (Phi) is 5.80. The number of hydrogen-bond donors (Lipinski definition) is 3. The molecule has 2 rings (SSSR count). The molecule has 1 heterocycles. The van der Waals surface area contributed by atoms with E-state index in [4.69, 9.17) is 0 Å². The predicted octanol–water partition coefficient (Wildman–Crippen LogP) is -0.178. The second kappa shape index (κ2) is 7.38. The first-order valence-corrected chi connectivity index (χ1v) is 9.18. The lowest BCUT2D eigenvalue weighted by Gasteiger charge is -2.25. The van der Waals surface area contributed by atoms with Gasteiger partial charge in [-0.15, -0.1) is 0 Å². The lowest BCUT2D eigenvalue weighted by atomic mass is 9.86. The normalized spacial score (nSPS) is 21.4. The minimum atomic E-state index is -3.26. The summed E-state index contributed by atoms with van der Waals surface area (Å²) in [6, 6.07) is 0. The average molecular weight is 303 g/mol. The fraction of sp³-hybridized carbons (Fsp3) is 0.923. The van der Waals surface area contributed by atoms with Gasteiger partial charge in [-0.05, 0) is 44.7 Å². The largest absolute Gasteiger partial charge is 0.355 e. The number of rotatable bonds is 7. The van der Waals surface area contributed by atoms with E-state index in [1.807, 2.05) is 0 Å². The third kappa shape index (κ3) is 5.03. The molecular weight excluding hydrogens is 278 g/mol. The molecule has 2 aliphatic rings. The molecule has 0 bridgehead atoms. The number of hydrogen-bond acceptors (Lipinski definition) is 4. The summed E-state index contributed by atoms with van der Waals surface area (Å²) in [6.07, 6.45) is 5.11. The van der Waals surface area contributed by atoms with Crippen molar-refractivity contribution in [1.82, 2.24) is 15.4 Å². The van der Waals surface area contributed by atoms with Gasteiger partial charge in [-0.1, -0.05) is 6.42 Å². The maximum absolute atomic E-state index is 11.9. The summed E-state index contributed by atoms with van der Waals surface area (Å²) in [7, 11) is -3.26. The highest BCUT2D eigenvalue weighted by Crippen LogP contribution is 2.25. The molecule has 6 nitrogen and oxygen atoms in total. The topological polar surface area (TPSA) is 87.3 Å². The van der Waals surface area contributed by atoms with Crippen molar-refractivity contribution < 1.29 is 13.2 Å². The Labute approximate surface area is 121 Å². The molecule has 0 spiro atoms. The standard InChI is InChI=1S/C13H25N3O3S/c17-13(12-4-6-14-7-5-12)15-8-9-20(18,19)16-10-11-2-1-3-11/h11-12,14,16H,1-10H2,(H,15,17). The smallest absolute Gasteiger partial charge is 0.223 e. The van der Waals surface area contributed by atoms with Gasteiger partial charge in [0.1, 0.15) is 0 Å². The molecule has 2 fully saturated rings. The highest BCUT2D eigenvalue weighted by atomic mass is 32.2. The van der Waals surface area contributed by atoms with Gasteiger partial charge in [0.15, 0.2) is 0 Å². The van der Waals surface area contributed by atoms with Crippen LogP contribution >= 0.6 is 0 Å². The lowest BCUT2D eigenvalue weighted by molar-refractivity contribution is -0.125. The molecule has 20 heavy (non-hydrogen) atoms. The fourth-order valence-corrected chi connectivity index (χ4v) is 3.56. The predicted molar refractivity (Wildman–Crippen MR) is 77.7 cm³/mol. The minimum Gasteiger partial charge on any atom is -0.355 e. The quantitative estimate of drug-likeness (QED) is 0.609. The number of nitrogens with one attached hydrogen (secondary N) is 3. The first kappa shape index (κ1) is 15.7. The van der Waals surface area contributed by atoms with E-state index in [9.17, 15) is 13.2 Å². The Morgan fingerprint density at radius 1 is 1.15 bits per heavy atom. The second-order valence-electron chi connectivity index (χ2n) is 5.78. The molecule has 1 amide bonds. The Bertz CT molecular complexity index is 415. The van der Waals surface area contributed by atoms with Crippen LogP contribution < -0.4 is 15.4 Å². The average Bonchev–Trinajstić information content (AvgIpc) is 2.37. The van der Waals surface area contributed by atoms with Crippen LogP contribution in [0.3, 0.4) is 0 Å². The maximum Gasteiger partial charge on any atom is 0.223 e. The highest BCUT2D eigenvalue weighted by Gasteiger charge is 2.22. The van der Waals surface area contributed by atoms with Crippen molar-refractivity contribution in [1.29, 1.82) is 0 Å². The van der Waals surface area contributed by atoms with Crippen molar-refractivity contribution >= 4 is 15.9 Å². The number of carbonyl (C=O) groups excluding carboxylic acids is 1. The Morgan fingerprint density at radius 3 is 2.45 bits per heavy atom. The number of sulfonamides is 1. The van der Waals surface area contributed by atoms with Gasteiger partial charge in [0.2, 0.25) is 15.9 Å². The molecule has 0 radical (unpaired) electrons. The summed E-state index contributed by atoms with van der Waals surface area (Å²) in [5, 5.41) is 5.94. The molecule has 1 aliphatic carbocycles. The summed E-state index contributed by atoms with van der Waals surface area (Å²) in [4.78, 5) is 11.9. The van der Waals surface area contributed by atoms with Crippen molar-refractivity contribution in [2.24, 2.45) is 11.8 Å². The molecule has 0 atom stereocenters. The molecule has 1 saturated carbocycles. The van der Waals surface area contributed by atoms with E-state index < -0.39 is 10.0 Å². The van der Waals surface area contributed by atoms with E-state index in [2.05, 4.69) is 15.4 Å². The van der Waals surface area contributed by atoms with Crippen molar-refractivity contribution in [2.45, 2.75) is 32.1 Å². The molecule has 3 N–H and O–H groups in total. The maximum atomic E-state index is 11.9. The van der Waals surface area contributed by atoms with Gasteiger partial charge in [0, 0.05) is 19.0 Å². The summed E-state index contributed by atoms with van der Waals surface area (Å²) in [6.45, 7) is 2.46. The minimum absolute atomic E-state index is 0.0132. The van der Waals surface area contributed by atoms with Crippen LogP contribution in [0.15, 0.2) is 0 Å². The summed E-state index contributed by atoms with van der Waals surface area (Å²) in [5.41, 5.74) is 0. The fourth-order valence-electron chi connectivity index (χ4n) is 2.55. The molecule has 7 heteroatoms. The Balaban J connectivity index is 1.61. The molecule has 0 aromatic carbocycles. The Hall–Kier alpha value is -0.660. The van der Waals surface area contributed by atoms with Crippen molar-refractivity contribution in [3.8, 4) is 0 Å². The summed E-state index contributed by atoms with van der Waals surface area (Å²) in [5.74, 6) is 0.493. The molecular formula is C13H25N3O3S. The van der Waals surface area contributed by atoms with Crippen molar-refractivity contribution in [3.63, 3.8) is 0 Å². The van der Waals surface area contributed by atoms with E-state index in [1.165, 1.54) is 6.42 Å². The number of carbonyl (C=O) groups is 1. The third-order valence-electron chi connectivity index (χ3n) is 4.20. The van der Waals surface area contributed by atoms with Gasteiger partial charge in [-0.3, -0.25) is 4.79 Å². The van der Waals surface area contributed by atoms with Gasteiger partial charge in [-0.2, -0.15) is 0 Å². The van der Waals surface area contributed by atoms with Crippen LogP contribution in [0.2, 0.25) is 0 Å². The lowest BCUT2D eigenvalue weighted by Crippen LogP contribution is -2.41. The third-order valence-corrected chi connectivity index (χ3v) is 5.54. The van der Waals surface area contributed by atoms with Gasteiger partial charge in [-0.25, -0.2) is 13.1 Å².